The van der Waals surface area contributed by atoms with Crippen LogP contribution < -0.4 is 15.5 Å². The van der Waals surface area contributed by atoms with Crippen LogP contribution in [0.4, 0.5) is 16.2 Å². The molecule has 1 aliphatic rings. The van der Waals surface area contributed by atoms with Crippen molar-refractivity contribution < 1.29 is 9.59 Å². The summed E-state index contributed by atoms with van der Waals surface area (Å²) in [7, 11) is 0. The second-order valence-corrected chi connectivity index (χ2v) is 6.01. The molecule has 1 fully saturated rings. The molecular formula is C18H18ClN3O2. The van der Waals surface area contributed by atoms with Gasteiger partial charge in [-0.1, -0.05) is 29.8 Å². The topological polar surface area (TPSA) is 61.4 Å². The zero-order valence-corrected chi connectivity index (χ0v) is 13.8. The van der Waals surface area contributed by atoms with Gasteiger partial charge in [-0.2, -0.15) is 0 Å². The third-order valence-corrected chi connectivity index (χ3v) is 4.22. The van der Waals surface area contributed by atoms with E-state index in [1.165, 1.54) is 0 Å². The van der Waals surface area contributed by atoms with Gasteiger partial charge >= 0.3 is 6.03 Å². The van der Waals surface area contributed by atoms with Gasteiger partial charge in [0.15, 0.2) is 0 Å². The minimum atomic E-state index is -0.133. The predicted octanol–water partition coefficient (Wildman–Crippen LogP) is 3.44. The Balaban J connectivity index is 1.62. The quantitative estimate of drug-likeness (QED) is 0.893. The standard InChI is InChI=1S/C18H18ClN3O2/c19-16-5-2-1-4-13(16)12-17(23)21-14-6-8-15(9-7-14)22-11-3-10-20-18(22)24/h1-2,4-9H,3,10-12H2,(H,20,24)(H,21,23). The third-order valence-electron chi connectivity index (χ3n) is 3.85. The second-order valence-electron chi connectivity index (χ2n) is 5.60. The van der Waals surface area contributed by atoms with Crippen LogP contribution >= 0.6 is 11.6 Å². The molecule has 1 aliphatic heterocycles. The largest absolute Gasteiger partial charge is 0.338 e. The molecule has 0 bridgehead atoms. The molecule has 2 N–H and O–H groups in total. The molecule has 124 valence electrons. The van der Waals surface area contributed by atoms with Crippen molar-refractivity contribution in [2.75, 3.05) is 23.3 Å². The van der Waals surface area contributed by atoms with E-state index in [0.29, 0.717) is 23.8 Å². The molecule has 0 radical (unpaired) electrons. The third kappa shape index (κ3) is 3.86. The number of nitrogens with zero attached hydrogens (tertiary/aromatic N) is 1. The molecule has 1 heterocycles. The Hall–Kier alpha value is -2.53. The van der Waals surface area contributed by atoms with Crippen molar-refractivity contribution in [1.29, 1.82) is 0 Å². The molecule has 3 amide bonds. The van der Waals surface area contributed by atoms with Crippen molar-refractivity contribution >= 4 is 34.9 Å². The first-order chi connectivity index (χ1) is 11.6. The first-order valence-corrected chi connectivity index (χ1v) is 8.20. The maximum Gasteiger partial charge on any atom is 0.321 e. The highest BCUT2D eigenvalue weighted by Crippen LogP contribution is 2.20. The van der Waals surface area contributed by atoms with Gasteiger partial charge in [0.05, 0.1) is 6.42 Å². The Bertz CT molecular complexity index is 746. The van der Waals surface area contributed by atoms with Crippen LogP contribution in [0.5, 0.6) is 0 Å². The van der Waals surface area contributed by atoms with Crippen LogP contribution in [-0.4, -0.2) is 25.0 Å². The molecule has 24 heavy (non-hydrogen) atoms. The highest BCUT2D eigenvalue weighted by Gasteiger charge is 2.18. The molecule has 5 nitrogen and oxygen atoms in total. The summed E-state index contributed by atoms with van der Waals surface area (Å²) in [6.45, 7) is 1.41. The maximum atomic E-state index is 12.1. The minimum Gasteiger partial charge on any atom is -0.338 e. The number of nitrogens with one attached hydrogen (secondary N) is 2. The van der Waals surface area contributed by atoms with E-state index < -0.39 is 0 Å². The number of urea groups is 1. The molecule has 0 aliphatic carbocycles. The van der Waals surface area contributed by atoms with Crippen LogP contribution in [0.1, 0.15) is 12.0 Å². The molecule has 0 atom stereocenters. The first-order valence-electron chi connectivity index (χ1n) is 7.82. The number of anilines is 2. The lowest BCUT2D eigenvalue weighted by molar-refractivity contribution is -0.115. The number of amides is 3. The lowest BCUT2D eigenvalue weighted by atomic mass is 10.1. The van der Waals surface area contributed by atoms with Crippen molar-refractivity contribution in [3.05, 3.63) is 59.1 Å². The zero-order chi connectivity index (χ0) is 16.9. The molecule has 1 saturated heterocycles. The Morgan fingerprint density at radius 1 is 1.17 bits per heavy atom. The molecule has 0 saturated carbocycles. The summed E-state index contributed by atoms with van der Waals surface area (Å²) in [5.41, 5.74) is 2.29. The lowest BCUT2D eigenvalue weighted by Crippen LogP contribution is -2.46. The highest BCUT2D eigenvalue weighted by atomic mass is 35.5. The summed E-state index contributed by atoms with van der Waals surface area (Å²) >= 11 is 6.07. The van der Waals surface area contributed by atoms with Crippen molar-refractivity contribution in [2.24, 2.45) is 0 Å². The number of rotatable bonds is 4. The van der Waals surface area contributed by atoms with Gasteiger partial charge < -0.3 is 10.6 Å². The average molecular weight is 344 g/mol. The number of carbonyl (C=O) groups excluding carboxylic acids is 2. The Labute approximate surface area is 145 Å². The highest BCUT2D eigenvalue weighted by molar-refractivity contribution is 6.31. The first kappa shape index (κ1) is 16.3. The number of hydrogen-bond acceptors (Lipinski definition) is 2. The number of benzene rings is 2. The average Bonchev–Trinajstić information content (AvgIpc) is 2.58. The van der Waals surface area contributed by atoms with E-state index in [0.717, 1.165) is 17.7 Å². The molecule has 0 unspecified atom stereocenters. The van der Waals surface area contributed by atoms with E-state index in [1.54, 1.807) is 23.1 Å². The van der Waals surface area contributed by atoms with E-state index in [-0.39, 0.29) is 18.4 Å². The molecule has 0 spiro atoms. The van der Waals surface area contributed by atoms with Crippen LogP contribution in [0.25, 0.3) is 0 Å². The summed E-state index contributed by atoms with van der Waals surface area (Å²) in [6.07, 6.45) is 1.14. The van der Waals surface area contributed by atoms with Gasteiger partial charge in [0, 0.05) is 29.5 Å². The number of carbonyl (C=O) groups is 2. The van der Waals surface area contributed by atoms with Crippen LogP contribution in [-0.2, 0) is 11.2 Å². The Morgan fingerprint density at radius 3 is 2.62 bits per heavy atom. The molecule has 2 aromatic rings. The van der Waals surface area contributed by atoms with Gasteiger partial charge in [-0.05, 0) is 42.3 Å². The molecule has 0 aromatic heterocycles. The summed E-state index contributed by atoms with van der Waals surface area (Å²) in [6, 6.07) is 14.4. The fourth-order valence-corrected chi connectivity index (χ4v) is 2.82. The van der Waals surface area contributed by atoms with E-state index in [9.17, 15) is 9.59 Å². The van der Waals surface area contributed by atoms with E-state index in [2.05, 4.69) is 10.6 Å². The second kappa shape index (κ2) is 7.36. The van der Waals surface area contributed by atoms with Crippen molar-refractivity contribution in [1.82, 2.24) is 5.32 Å². The SMILES string of the molecule is O=C(Cc1ccccc1Cl)Nc1ccc(N2CCCNC2=O)cc1. The van der Waals surface area contributed by atoms with Gasteiger partial charge in [-0.15, -0.1) is 0 Å². The van der Waals surface area contributed by atoms with Crippen molar-refractivity contribution in [3.63, 3.8) is 0 Å². The summed E-state index contributed by atoms with van der Waals surface area (Å²) in [5.74, 6) is -0.133. The molecule has 3 rings (SSSR count). The number of halogens is 1. The van der Waals surface area contributed by atoms with Crippen LogP contribution in [0.2, 0.25) is 5.02 Å². The van der Waals surface area contributed by atoms with E-state index >= 15 is 0 Å². The number of hydrogen-bond donors (Lipinski definition) is 2. The minimum absolute atomic E-state index is 0.0863. The molecular weight excluding hydrogens is 326 g/mol. The summed E-state index contributed by atoms with van der Waals surface area (Å²) in [5, 5.41) is 6.24. The lowest BCUT2D eigenvalue weighted by Gasteiger charge is -2.27. The van der Waals surface area contributed by atoms with Gasteiger partial charge in [0.1, 0.15) is 0 Å². The normalized spacial score (nSPS) is 14.2. The Morgan fingerprint density at radius 2 is 1.92 bits per heavy atom. The fourth-order valence-electron chi connectivity index (χ4n) is 2.62. The van der Waals surface area contributed by atoms with Gasteiger partial charge in [-0.25, -0.2) is 4.79 Å². The Kier molecular flexibility index (Phi) is 5.01. The van der Waals surface area contributed by atoms with Crippen LogP contribution in [0, 0.1) is 0 Å². The molecule has 6 heteroatoms. The van der Waals surface area contributed by atoms with Crippen molar-refractivity contribution in [2.45, 2.75) is 12.8 Å². The van der Waals surface area contributed by atoms with Gasteiger partial charge in [-0.3, -0.25) is 9.69 Å². The molecule has 2 aromatic carbocycles. The summed E-state index contributed by atoms with van der Waals surface area (Å²) in [4.78, 5) is 25.6. The van der Waals surface area contributed by atoms with Crippen LogP contribution in [0.3, 0.4) is 0 Å². The zero-order valence-electron chi connectivity index (χ0n) is 13.1. The van der Waals surface area contributed by atoms with E-state index in [1.807, 2.05) is 30.3 Å². The van der Waals surface area contributed by atoms with Crippen LogP contribution in [0.15, 0.2) is 48.5 Å². The van der Waals surface area contributed by atoms with E-state index in [4.69, 9.17) is 11.6 Å². The van der Waals surface area contributed by atoms with Gasteiger partial charge in [0.2, 0.25) is 5.91 Å². The predicted molar refractivity (Wildman–Crippen MR) is 95.6 cm³/mol. The maximum absolute atomic E-state index is 12.1. The summed E-state index contributed by atoms with van der Waals surface area (Å²) < 4.78 is 0. The monoisotopic (exact) mass is 343 g/mol. The van der Waals surface area contributed by atoms with Gasteiger partial charge in [0.25, 0.3) is 0 Å². The fraction of sp³-hybridized carbons (Fsp3) is 0.222. The smallest absolute Gasteiger partial charge is 0.321 e. The van der Waals surface area contributed by atoms with Crippen molar-refractivity contribution in [3.8, 4) is 0 Å².